The summed E-state index contributed by atoms with van der Waals surface area (Å²) in [6.45, 7) is 13.9. The van der Waals surface area contributed by atoms with Gasteiger partial charge in [0.05, 0.1) is 4.92 Å². The summed E-state index contributed by atoms with van der Waals surface area (Å²) in [6.07, 6.45) is 0. The van der Waals surface area contributed by atoms with E-state index in [1.165, 1.54) is 12.1 Å². The molecule has 146 valence electrons. The molecule has 0 saturated heterocycles. The lowest BCUT2D eigenvalue weighted by Gasteiger charge is -2.36. The molecule has 0 bridgehead atoms. The molecule has 0 saturated carbocycles. The molecule has 2 aromatic carbocycles. The van der Waals surface area contributed by atoms with Gasteiger partial charge in [-0.2, -0.15) is 0 Å². The van der Waals surface area contributed by atoms with E-state index in [-0.39, 0.29) is 11.4 Å². The molecule has 5 nitrogen and oxygen atoms in total. The molecule has 0 amide bonds. The summed E-state index contributed by atoms with van der Waals surface area (Å²) in [5, 5.41) is 20.5. The fourth-order valence-electron chi connectivity index (χ4n) is 2.78. The average Bonchev–Trinajstić information content (AvgIpc) is 2.66. The normalized spacial score (nSPS) is 13.9. The minimum absolute atomic E-state index is 0.0595. The minimum atomic E-state index is -0.530. The second-order valence-corrected chi connectivity index (χ2v) is 6.10. The number of benzene rings is 2. The summed E-state index contributed by atoms with van der Waals surface area (Å²) in [5.74, 6) is 0.746. The largest absolute Gasteiger partial charge is 0.508 e. The highest BCUT2D eigenvalue weighted by Gasteiger charge is 2.33. The van der Waals surface area contributed by atoms with E-state index in [1.54, 1.807) is 30.3 Å². The molecular weight excluding hydrogens is 342 g/mol. The highest BCUT2D eigenvalue weighted by molar-refractivity contribution is 5.87. The van der Waals surface area contributed by atoms with Crippen molar-refractivity contribution in [1.29, 1.82) is 0 Å². The van der Waals surface area contributed by atoms with Crippen molar-refractivity contribution in [2.75, 3.05) is 0 Å². The lowest BCUT2D eigenvalue weighted by molar-refractivity contribution is -0.384. The molecule has 1 aliphatic rings. The molecular formula is C22H29NO4. The average molecular weight is 371 g/mol. The zero-order valence-electron chi connectivity index (χ0n) is 17.2. The monoisotopic (exact) mass is 371 g/mol. The molecule has 1 N–H and O–H groups in total. The molecule has 1 heterocycles. The van der Waals surface area contributed by atoms with E-state index in [1.807, 2.05) is 48.5 Å². The van der Waals surface area contributed by atoms with Crippen LogP contribution in [0.4, 0.5) is 5.69 Å². The summed E-state index contributed by atoms with van der Waals surface area (Å²) in [4.78, 5) is 10.4. The third-order valence-corrected chi connectivity index (χ3v) is 4.24. The number of aromatic hydroxyl groups is 1. The van der Waals surface area contributed by atoms with Gasteiger partial charge in [0.1, 0.15) is 17.1 Å². The standard InChI is InChI=1S/C18H17NO4.2C2H6/c1-11-17(12-4-6-13(7-5-12)19(21)22)15-9-8-14(20)10-16(15)23-18(11,2)3;2*1-2/h4-10,20H,1-3H3;2*1-2H3. The van der Waals surface area contributed by atoms with Crippen molar-refractivity contribution < 1.29 is 14.8 Å². The van der Waals surface area contributed by atoms with Gasteiger partial charge in [0, 0.05) is 23.8 Å². The van der Waals surface area contributed by atoms with Crippen molar-refractivity contribution in [3.8, 4) is 11.5 Å². The van der Waals surface area contributed by atoms with Gasteiger partial charge in [0.25, 0.3) is 5.69 Å². The molecule has 27 heavy (non-hydrogen) atoms. The van der Waals surface area contributed by atoms with Crippen LogP contribution in [0.25, 0.3) is 5.57 Å². The van der Waals surface area contributed by atoms with Gasteiger partial charge in [-0.1, -0.05) is 27.7 Å². The number of phenolic OH excluding ortho intramolecular Hbond substituents is 1. The van der Waals surface area contributed by atoms with Crippen LogP contribution in [-0.2, 0) is 0 Å². The Morgan fingerprint density at radius 3 is 2.07 bits per heavy atom. The molecule has 0 aliphatic carbocycles. The maximum atomic E-state index is 10.8. The number of fused-ring (bicyclic) bond motifs is 1. The minimum Gasteiger partial charge on any atom is -0.508 e. The van der Waals surface area contributed by atoms with Crippen molar-refractivity contribution in [2.45, 2.75) is 54.1 Å². The van der Waals surface area contributed by atoms with Crippen molar-refractivity contribution in [3.63, 3.8) is 0 Å². The predicted molar refractivity (Wildman–Crippen MR) is 110 cm³/mol. The molecule has 1 aliphatic heterocycles. The highest BCUT2D eigenvalue weighted by Crippen LogP contribution is 2.44. The van der Waals surface area contributed by atoms with Gasteiger partial charge in [-0.3, -0.25) is 10.1 Å². The molecule has 3 rings (SSSR count). The molecule has 0 aromatic heterocycles. The number of hydrogen-bond acceptors (Lipinski definition) is 4. The Hall–Kier alpha value is -2.82. The predicted octanol–water partition coefficient (Wildman–Crippen LogP) is 6.35. The first-order valence-electron chi connectivity index (χ1n) is 9.28. The van der Waals surface area contributed by atoms with Crippen LogP contribution in [0, 0.1) is 10.1 Å². The van der Waals surface area contributed by atoms with Crippen LogP contribution in [0.3, 0.4) is 0 Å². The summed E-state index contributed by atoms with van der Waals surface area (Å²) in [7, 11) is 0. The first kappa shape index (κ1) is 22.2. The van der Waals surface area contributed by atoms with Gasteiger partial charge in [-0.25, -0.2) is 0 Å². The molecule has 0 fully saturated rings. The summed E-state index contributed by atoms with van der Waals surface area (Å²) >= 11 is 0. The Labute approximate surface area is 161 Å². The van der Waals surface area contributed by atoms with E-state index >= 15 is 0 Å². The Morgan fingerprint density at radius 2 is 1.56 bits per heavy atom. The van der Waals surface area contributed by atoms with Crippen LogP contribution < -0.4 is 4.74 Å². The number of nitro groups is 1. The van der Waals surface area contributed by atoms with Gasteiger partial charge < -0.3 is 9.84 Å². The Morgan fingerprint density at radius 1 is 1.00 bits per heavy atom. The van der Waals surface area contributed by atoms with Crippen LogP contribution >= 0.6 is 0 Å². The van der Waals surface area contributed by atoms with Gasteiger partial charge >= 0.3 is 0 Å². The molecule has 0 spiro atoms. The number of nitrogens with zero attached hydrogens (tertiary/aromatic N) is 1. The fourth-order valence-corrected chi connectivity index (χ4v) is 2.78. The van der Waals surface area contributed by atoms with E-state index in [4.69, 9.17) is 4.74 Å². The molecule has 0 atom stereocenters. The Bertz CT molecular complexity index is 821. The third kappa shape index (κ3) is 4.67. The second kappa shape index (κ2) is 9.21. The highest BCUT2D eigenvalue weighted by atomic mass is 16.6. The van der Waals surface area contributed by atoms with Gasteiger partial charge in [0.15, 0.2) is 0 Å². The molecule has 5 heteroatoms. The number of rotatable bonds is 2. The number of ether oxygens (including phenoxy) is 1. The van der Waals surface area contributed by atoms with Gasteiger partial charge in [-0.15, -0.1) is 0 Å². The summed E-state index contributed by atoms with van der Waals surface area (Å²) in [5.41, 5.74) is 3.29. The number of hydrogen-bond donors (Lipinski definition) is 1. The number of phenols is 1. The second-order valence-electron chi connectivity index (χ2n) is 6.10. The van der Waals surface area contributed by atoms with Crippen molar-refractivity contribution >= 4 is 11.3 Å². The quantitative estimate of drug-likeness (QED) is 0.493. The molecule has 0 radical (unpaired) electrons. The zero-order valence-corrected chi connectivity index (χ0v) is 17.2. The topological polar surface area (TPSA) is 72.6 Å². The van der Waals surface area contributed by atoms with Crippen molar-refractivity contribution in [3.05, 3.63) is 69.3 Å². The smallest absolute Gasteiger partial charge is 0.269 e. The first-order valence-corrected chi connectivity index (χ1v) is 9.28. The lowest BCUT2D eigenvalue weighted by Crippen LogP contribution is -2.33. The summed E-state index contributed by atoms with van der Waals surface area (Å²) in [6, 6.07) is 11.5. The zero-order chi connectivity index (χ0) is 20.8. The number of nitro benzene ring substituents is 1. The SMILES string of the molecule is CC.CC.CC1=C(c2ccc([N+](=O)[O-])cc2)c2ccc(O)cc2OC1(C)C. The van der Waals surface area contributed by atoms with Crippen LogP contribution in [-0.4, -0.2) is 15.6 Å². The van der Waals surface area contributed by atoms with Crippen molar-refractivity contribution in [2.24, 2.45) is 0 Å². The maximum Gasteiger partial charge on any atom is 0.269 e. The van der Waals surface area contributed by atoms with Gasteiger partial charge in [-0.05, 0) is 61.7 Å². The van der Waals surface area contributed by atoms with Crippen LogP contribution in [0.5, 0.6) is 11.5 Å². The Balaban J connectivity index is 0.000000855. The van der Waals surface area contributed by atoms with E-state index < -0.39 is 10.5 Å². The lowest BCUT2D eigenvalue weighted by atomic mass is 9.83. The van der Waals surface area contributed by atoms with E-state index in [0.717, 1.165) is 22.3 Å². The maximum absolute atomic E-state index is 10.8. The van der Waals surface area contributed by atoms with Crippen molar-refractivity contribution in [1.82, 2.24) is 0 Å². The fraction of sp³-hybridized carbons (Fsp3) is 0.364. The van der Waals surface area contributed by atoms with E-state index in [2.05, 4.69) is 0 Å². The molecule has 2 aromatic rings. The molecule has 0 unspecified atom stereocenters. The van der Waals surface area contributed by atoms with E-state index in [0.29, 0.717) is 5.75 Å². The first-order chi connectivity index (χ1) is 12.8. The number of non-ortho nitro benzene ring substituents is 1. The Kier molecular flexibility index (Phi) is 7.58. The van der Waals surface area contributed by atoms with E-state index in [9.17, 15) is 15.2 Å². The van der Waals surface area contributed by atoms with Gasteiger partial charge in [0.2, 0.25) is 0 Å². The van der Waals surface area contributed by atoms with Crippen LogP contribution in [0.15, 0.2) is 48.0 Å². The van der Waals surface area contributed by atoms with Crippen LogP contribution in [0.1, 0.15) is 59.6 Å². The third-order valence-electron chi connectivity index (χ3n) is 4.24. The van der Waals surface area contributed by atoms with Crippen LogP contribution in [0.2, 0.25) is 0 Å². The summed E-state index contributed by atoms with van der Waals surface area (Å²) < 4.78 is 6.00.